The largest absolute Gasteiger partial charge is 0.308 e. The van der Waals surface area contributed by atoms with Gasteiger partial charge in [-0.2, -0.15) is 23.5 Å². The fourth-order valence-corrected chi connectivity index (χ4v) is 6.63. The third kappa shape index (κ3) is 3.93. The maximum atomic E-state index is 3.79. The minimum atomic E-state index is 0.535. The topological polar surface area (TPSA) is 12.0 Å². The number of hydrogen-bond acceptors (Lipinski definition) is 4. The van der Waals surface area contributed by atoms with E-state index in [2.05, 4.69) is 68.0 Å². The second-order valence-corrected chi connectivity index (χ2v) is 9.30. The van der Waals surface area contributed by atoms with Crippen molar-refractivity contribution >= 4 is 34.9 Å². The molecule has 4 heteroatoms. The van der Waals surface area contributed by atoms with Gasteiger partial charge in [-0.3, -0.25) is 0 Å². The maximum Gasteiger partial charge on any atom is 0.0546 e. The van der Waals surface area contributed by atoms with Crippen molar-refractivity contribution in [1.29, 1.82) is 0 Å². The molecule has 108 valence electrons. The van der Waals surface area contributed by atoms with E-state index < -0.39 is 0 Å². The van der Waals surface area contributed by atoms with Crippen LogP contribution in [-0.2, 0) is 0 Å². The van der Waals surface area contributed by atoms with Crippen molar-refractivity contribution in [3.05, 3.63) is 21.9 Å². The summed E-state index contributed by atoms with van der Waals surface area (Å²) in [5.41, 5.74) is 1.45. The Hall–Kier alpha value is 0.360. The first-order valence-corrected chi connectivity index (χ1v) is 10.0. The van der Waals surface area contributed by atoms with E-state index in [1.54, 1.807) is 4.88 Å². The van der Waals surface area contributed by atoms with Gasteiger partial charge in [0, 0.05) is 26.4 Å². The van der Waals surface area contributed by atoms with Crippen LogP contribution < -0.4 is 5.32 Å². The summed E-state index contributed by atoms with van der Waals surface area (Å²) in [5, 5.41) is 8.29. The zero-order valence-electron chi connectivity index (χ0n) is 12.3. The minimum Gasteiger partial charge on any atom is -0.308 e. The molecule has 2 rings (SSSR count). The highest BCUT2D eigenvalue weighted by molar-refractivity contribution is 8.07. The van der Waals surface area contributed by atoms with Gasteiger partial charge in [0.25, 0.3) is 0 Å². The average molecular weight is 316 g/mol. The summed E-state index contributed by atoms with van der Waals surface area (Å²) in [6.07, 6.45) is 1.21. The number of aryl methyl sites for hydroxylation is 1. The van der Waals surface area contributed by atoms with Gasteiger partial charge in [0.05, 0.1) is 6.04 Å². The van der Waals surface area contributed by atoms with Gasteiger partial charge in [-0.25, -0.2) is 0 Å². The molecule has 1 aromatic rings. The first-order valence-electron chi connectivity index (χ1n) is 7.18. The number of nitrogens with one attached hydrogen (secondary N) is 1. The Balaban J connectivity index is 2.11. The molecule has 0 bridgehead atoms. The molecule has 4 atom stereocenters. The maximum absolute atomic E-state index is 3.79. The van der Waals surface area contributed by atoms with Crippen molar-refractivity contribution in [2.45, 2.75) is 55.9 Å². The molecule has 1 saturated heterocycles. The van der Waals surface area contributed by atoms with Crippen molar-refractivity contribution < 1.29 is 0 Å². The summed E-state index contributed by atoms with van der Waals surface area (Å²) < 4.78 is 0. The Bertz CT molecular complexity index is 390. The van der Waals surface area contributed by atoms with Crippen LogP contribution in [0.15, 0.2) is 11.4 Å². The van der Waals surface area contributed by atoms with Crippen LogP contribution >= 0.6 is 34.9 Å². The normalized spacial score (nSPS) is 29.4. The van der Waals surface area contributed by atoms with E-state index in [9.17, 15) is 0 Å². The summed E-state index contributed by atoms with van der Waals surface area (Å²) in [7, 11) is 0. The number of thioether (sulfide) groups is 2. The molecule has 1 aromatic heterocycles. The summed E-state index contributed by atoms with van der Waals surface area (Å²) >= 11 is 6.24. The average Bonchev–Trinajstić information content (AvgIpc) is 2.80. The van der Waals surface area contributed by atoms with Crippen LogP contribution in [-0.4, -0.2) is 28.0 Å². The number of rotatable bonds is 5. The van der Waals surface area contributed by atoms with Crippen molar-refractivity contribution in [2.24, 2.45) is 0 Å². The molecule has 1 fully saturated rings. The van der Waals surface area contributed by atoms with Gasteiger partial charge in [-0.1, -0.05) is 20.8 Å². The van der Waals surface area contributed by atoms with E-state index in [0.29, 0.717) is 11.3 Å². The van der Waals surface area contributed by atoms with Crippen LogP contribution in [0.25, 0.3) is 0 Å². The molecular formula is C15H25NS3. The second-order valence-electron chi connectivity index (χ2n) is 5.32. The van der Waals surface area contributed by atoms with Crippen LogP contribution in [0.2, 0.25) is 0 Å². The Morgan fingerprint density at radius 1 is 1.37 bits per heavy atom. The third-order valence-corrected chi connectivity index (χ3v) is 8.34. The zero-order chi connectivity index (χ0) is 13.8. The summed E-state index contributed by atoms with van der Waals surface area (Å²) in [6.45, 7) is 10.4. The smallest absolute Gasteiger partial charge is 0.0546 e. The number of hydrogen-bond donors (Lipinski definition) is 1. The molecule has 0 aliphatic carbocycles. The number of thiophene rings is 1. The molecule has 4 unspecified atom stereocenters. The SMILES string of the molecule is CCCNC(c1sccc1C)C1CSC(C)C(C)S1. The molecular weight excluding hydrogens is 290 g/mol. The molecule has 0 aromatic carbocycles. The third-order valence-electron chi connectivity index (χ3n) is 3.74. The van der Waals surface area contributed by atoms with E-state index in [-0.39, 0.29) is 0 Å². The predicted molar refractivity (Wildman–Crippen MR) is 92.9 cm³/mol. The summed E-state index contributed by atoms with van der Waals surface area (Å²) in [6, 6.07) is 2.79. The van der Waals surface area contributed by atoms with Gasteiger partial charge in [-0.05, 0) is 36.9 Å². The minimum absolute atomic E-state index is 0.535. The van der Waals surface area contributed by atoms with Crippen molar-refractivity contribution in [3.63, 3.8) is 0 Å². The van der Waals surface area contributed by atoms with Crippen LogP contribution in [0, 0.1) is 6.92 Å². The highest BCUT2D eigenvalue weighted by Crippen LogP contribution is 2.42. The Kier molecular flexibility index (Phi) is 6.12. The van der Waals surface area contributed by atoms with E-state index in [1.807, 2.05) is 11.3 Å². The molecule has 0 radical (unpaired) electrons. The van der Waals surface area contributed by atoms with E-state index in [0.717, 1.165) is 17.0 Å². The van der Waals surface area contributed by atoms with Crippen LogP contribution in [0.3, 0.4) is 0 Å². The van der Waals surface area contributed by atoms with Gasteiger partial charge in [-0.15, -0.1) is 11.3 Å². The van der Waals surface area contributed by atoms with Gasteiger partial charge in [0.15, 0.2) is 0 Å². The fourth-order valence-electron chi connectivity index (χ4n) is 2.38. The van der Waals surface area contributed by atoms with E-state index in [4.69, 9.17) is 0 Å². The zero-order valence-corrected chi connectivity index (χ0v) is 14.8. The molecule has 2 heterocycles. The summed E-state index contributed by atoms with van der Waals surface area (Å²) in [4.78, 5) is 1.55. The lowest BCUT2D eigenvalue weighted by Gasteiger charge is -2.36. The lowest BCUT2D eigenvalue weighted by Crippen LogP contribution is -2.37. The molecule has 0 spiro atoms. The highest BCUT2D eigenvalue weighted by atomic mass is 32.2. The molecule has 19 heavy (non-hydrogen) atoms. The predicted octanol–water partition coefficient (Wildman–Crippen LogP) is 4.72. The molecule has 1 nitrogen and oxygen atoms in total. The molecule has 1 aliphatic heterocycles. The second kappa shape index (κ2) is 7.39. The van der Waals surface area contributed by atoms with Crippen molar-refractivity contribution in [2.75, 3.05) is 12.3 Å². The van der Waals surface area contributed by atoms with Gasteiger partial charge in [0.1, 0.15) is 0 Å². The molecule has 0 saturated carbocycles. The lowest BCUT2D eigenvalue weighted by molar-refractivity contribution is 0.533. The van der Waals surface area contributed by atoms with Crippen LogP contribution in [0.5, 0.6) is 0 Å². The quantitative estimate of drug-likeness (QED) is 0.844. The van der Waals surface area contributed by atoms with Crippen molar-refractivity contribution in [3.8, 4) is 0 Å². The van der Waals surface area contributed by atoms with Crippen LogP contribution in [0.1, 0.15) is 43.7 Å². The molecule has 1 N–H and O–H groups in total. The standard InChI is InChI=1S/C15H25NS3/c1-5-7-16-14(15-10(2)6-8-17-15)13-9-18-11(3)12(4)19-13/h6,8,11-14,16H,5,7,9H2,1-4H3. The fraction of sp³-hybridized carbons (Fsp3) is 0.733. The van der Waals surface area contributed by atoms with Crippen LogP contribution in [0.4, 0.5) is 0 Å². The monoisotopic (exact) mass is 315 g/mol. The Labute approximate surface area is 130 Å². The summed E-state index contributed by atoms with van der Waals surface area (Å²) in [5.74, 6) is 1.27. The van der Waals surface area contributed by atoms with Gasteiger partial charge < -0.3 is 5.32 Å². The van der Waals surface area contributed by atoms with Crippen molar-refractivity contribution in [1.82, 2.24) is 5.32 Å². The Morgan fingerprint density at radius 2 is 2.16 bits per heavy atom. The highest BCUT2D eigenvalue weighted by Gasteiger charge is 2.32. The van der Waals surface area contributed by atoms with Gasteiger partial charge >= 0.3 is 0 Å². The van der Waals surface area contributed by atoms with Gasteiger partial charge in [0.2, 0.25) is 0 Å². The lowest BCUT2D eigenvalue weighted by atomic mass is 10.1. The first kappa shape index (κ1) is 15.7. The Morgan fingerprint density at radius 3 is 2.74 bits per heavy atom. The molecule has 1 aliphatic rings. The molecule has 0 amide bonds. The van der Waals surface area contributed by atoms with E-state index in [1.165, 1.54) is 17.7 Å². The first-order chi connectivity index (χ1) is 9.13. The van der Waals surface area contributed by atoms with E-state index >= 15 is 0 Å².